The molecule has 2 aliphatic rings. The van der Waals surface area contributed by atoms with E-state index in [1.807, 2.05) is 4.90 Å². The Labute approximate surface area is 151 Å². The summed E-state index contributed by atoms with van der Waals surface area (Å²) in [7, 11) is 0. The first kappa shape index (κ1) is 16.5. The fourth-order valence-corrected chi connectivity index (χ4v) is 4.36. The number of carbonyl (C=O) groups is 1. The third-order valence-electron chi connectivity index (χ3n) is 4.90. The van der Waals surface area contributed by atoms with Crippen molar-refractivity contribution >= 4 is 38.5 Å². The first-order valence-corrected chi connectivity index (χ1v) is 8.98. The van der Waals surface area contributed by atoms with E-state index in [0.717, 1.165) is 25.3 Å². The summed E-state index contributed by atoms with van der Waals surface area (Å²) in [5.74, 6) is -1.84. The maximum absolute atomic E-state index is 14.8. The Morgan fingerprint density at radius 2 is 2.08 bits per heavy atom. The molecule has 6 nitrogen and oxygen atoms in total. The van der Waals surface area contributed by atoms with E-state index in [1.54, 1.807) is 4.57 Å². The molecular formula is C17H17BrFN3O3. The average molecular weight is 410 g/mol. The fourth-order valence-electron chi connectivity index (χ4n) is 3.50. The highest BCUT2D eigenvalue weighted by Crippen LogP contribution is 2.42. The number of halogens is 2. The molecular weight excluding hydrogens is 393 g/mol. The number of hydrogen-bond acceptors (Lipinski definition) is 4. The van der Waals surface area contributed by atoms with Crippen molar-refractivity contribution < 1.29 is 14.3 Å². The first-order valence-electron chi connectivity index (χ1n) is 8.19. The molecule has 1 atom stereocenters. The summed E-state index contributed by atoms with van der Waals surface area (Å²) in [6.07, 6.45) is 3.97. The second-order valence-electron chi connectivity index (χ2n) is 6.73. The fraction of sp³-hybridized carbons (Fsp3) is 0.412. The van der Waals surface area contributed by atoms with Crippen molar-refractivity contribution in [2.75, 3.05) is 18.0 Å². The Morgan fingerprint density at radius 3 is 2.64 bits per heavy atom. The Hall–Kier alpha value is -1.93. The van der Waals surface area contributed by atoms with Crippen molar-refractivity contribution in [1.29, 1.82) is 0 Å². The SMILES string of the molecule is NC1CCN(c2c(F)cc3c(=O)c(C(=O)O)cn(C4CC4)c3c2Br)C1. The van der Waals surface area contributed by atoms with Crippen molar-refractivity contribution in [3.05, 3.63) is 38.3 Å². The molecule has 0 amide bonds. The monoisotopic (exact) mass is 409 g/mol. The number of carboxylic acid groups (broad SMARTS) is 1. The Bertz CT molecular complexity index is 955. The van der Waals surface area contributed by atoms with Gasteiger partial charge in [0.15, 0.2) is 0 Å². The highest BCUT2D eigenvalue weighted by atomic mass is 79.9. The molecule has 1 aliphatic heterocycles. The molecule has 4 rings (SSSR count). The van der Waals surface area contributed by atoms with Crippen LogP contribution in [0.15, 0.2) is 21.5 Å². The van der Waals surface area contributed by atoms with Gasteiger partial charge in [-0.05, 0) is 41.3 Å². The van der Waals surface area contributed by atoms with E-state index in [9.17, 15) is 19.1 Å². The van der Waals surface area contributed by atoms with Gasteiger partial charge in [0.2, 0.25) is 5.43 Å². The predicted octanol–water partition coefficient (Wildman–Crippen LogP) is 2.47. The summed E-state index contributed by atoms with van der Waals surface area (Å²) < 4.78 is 17.1. The molecule has 0 radical (unpaired) electrons. The minimum absolute atomic E-state index is 0.0120. The highest BCUT2D eigenvalue weighted by Gasteiger charge is 2.31. The van der Waals surface area contributed by atoms with E-state index in [2.05, 4.69) is 15.9 Å². The van der Waals surface area contributed by atoms with Crippen molar-refractivity contribution in [2.24, 2.45) is 5.73 Å². The molecule has 0 bridgehead atoms. The summed E-state index contributed by atoms with van der Waals surface area (Å²) in [5, 5.41) is 9.39. The zero-order valence-electron chi connectivity index (χ0n) is 13.3. The molecule has 2 heterocycles. The molecule has 2 aromatic rings. The maximum atomic E-state index is 14.8. The summed E-state index contributed by atoms with van der Waals surface area (Å²) in [4.78, 5) is 25.8. The lowest BCUT2D eigenvalue weighted by atomic mass is 10.1. The van der Waals surface area contributed by atoms with Crippen LogP contribution in [0.25, 0.3) is 10.9 Å². The van der Waals surface area contributed by atoms with Gasteiger partial charge in [0.1, 0.15) is 11.4 Å². The van der Waals surface area contributed by atoms with Gasteiger partial charge in [-0.25, -0.2) is 9.18 Å². The second-order valence-corrected chi connectivity index (χ2v) is 7.52. The van der Waals surface area contributed by atoms with Crippen molar-refractivity contribution in [1.82, 2.24) is 4.57 Å². The molecule has 1 aromatic heterocycles. The smallest absolute Gasteiger partial charge is 0.341 e. The molecule has 25 heavy (non-hydrogen) atoms. The quantitative estimate of drug-likeness (QED) is 0.812. The van der Waals surface area contributed by atoms with Crippen molar-refractivity contribution in [2.45, 2.75) is 31.3 Å². The van der Waals surface area contributed by atoms with E-state index < -0.39 is 17.2 Å². The largest absolute Gasteiger partial charge is 0.477 e. The van der Waals surface area contributed by atoms with Gasteiger partial charge < -0.3 is 20.3 Å². The number of nitrogens with two attached hydrogens (primary N) is 1. The Morgan fingerprint density at radius 1 is 1.36 bits per heavy atom. The highest BCUT2D eigenvalue weighted by molar-refractivity contribution is 9.10. The third kappa shape index (κ3) is 2.64. The molecule has 1 aliphatic carbocycles. The number of aromatic carboxylic acids is 1. The summed E-state index contributed by atoms with van der Waals surface area (Å²) in [6.45, 7) is 1.19. The minimum Gasteiger partial charge on any atom is -0.477 e. The topological polar surface area (TPSA) is 88.6 Å². The number of nitrogens with zero attached hydrogens (tertiary/aromatic N) is 2. The van der Waals surface area contributed by atoms with Gasteiger partial charge in [0.25, 0.3) is 0 Å². The molecule has 0 spiro atoms. The standard InChI is InChI=1S/C17H17BrFN3O3/c18-13-14-10(5-12(19)15(13)21-4-3-8(20)6-21)16(23)11(17(24)25)7-22(14)9-1-2-9/h5,7-9H,1-4,6,20H2,(H,24,25). The number of hydrogen-bond donors (Lipinski definition) is 2. The lowest BCUT2D eigenvalue weighted by Crippen LogP contribution is -2.27. The zero-order chi connectivity index (χ0) is 17.9. The number of fused-ring (bicyclic) bond motifs is 1. The molecule has 8 heteroatoms. The Balaban J connectivity index is 2.03. The van der Waals surface area contributed by atoms with Crippen LogP contribution in [0.4, 0.5) is 10.1 Å². The summed E-state index contributed by atoms with van der Waals surface area (Å²) in [5.41, 5.74) is 5.88. The first-order chi connectivity index (χ1) is 11.9. The van der Waals surface area contributed by atoms with Gasteiger partial charge in [0.05, 0.1) is 21.1 Å². The van der Waals surface area contributed by atoms with Crippen LogP contribution in [-0.2, 0) is 0 Å². The van der Waals surface area contributed by atoms with Gasteiger partial charge in [-0.2, -0.15) is 0 Å². The molecule has 1 saturated heterocycles. The van der Waals surface area contributed by atoms with E-state index in [-0.39, 0.29) is 23.0 Å². The predicted molar refractivity (Wildman–Crippen MR) is 95.9 cm³/mol. The third-order valence-corrected chi connectivity index (χ3v) is 5.65. The van der Waals surface area contributed by atoms with Crippen LogP contribution < -0.4 is 16.1 Å². The van der Waals surface area contributed by atoms with E-state index >= 15 is 0 Å². The Kier molecular flexibility index (Phi) is 3.84. The van der Waals surface area contributed by atoms with Crippen LogP contribution in [0.1, 0.15) is 35.7 Å². The van der Waals surface area contributed by atoms with Crippen molar-refractivity contribution in [3.8, 4) is 0 Å². The van der Waals surface area contributed by atoms with Gasteiger partial charge in [-0.1, -0.05) is 0 Å². The number of carboxylic acids is 1. The van der Waals surface area contributed by atoms with Crippen LogP contribution in [0.5, 0.6) is 0 Å². The van der Waals surface area contributed by atoms with Crippen molar-refractivity contribution in [3.63, 3.8) is 0 Å². The van der Waals surface area contributed by atoms with Gasteiger partial charge in [0, 0.05) is 31.4 Å². The lowest BCUT2D eigenvalue weighted by Gasteiger charge is -2.23. The number of benzene rings is 1. The molecule has 1 unspecified atom stereocenters. The molecule has 3 N–H and O–H groups in total. The normalized spacial score (nSPS) is 20.4. The van der Waals surface area contributed by atoms with Crippen LogP contribution in [0, 0.1) is 5.82 Å². The number of aromatic nitrogens is 1. The molecule has 2 fully saturated rings. The van der Waals surface area contributed by atoms with Crippen LogP contribution in [0.2, 0.25) is 0 Å². The van der Waals surface area contributed by atoms with Gasteiger partial charge in [-0.3, -0.25) is 4.79 Å². The average Bonchev–Trinajstić information content (AvgIpc) is 3.30. The van der Waals surface area contributed by atoms with E-state index in [0.29, 0.717) is 28.8 Å². The molecule has 132 valence electrons. The van der Waals surface area contributed by atoms with E-state index in [1.165, 1.54) is 6.20 Å². The summed E-state index contributed by atoms with van der Waals surface area (Å²) >= 11 is 3.48. The number of anilines is 1. The second kappa shape index (κ2) is 5.81. The summed E-state index contributed by atoms with van der Waals surface area (Å²) in [6, 6.07) is 1.28. The van der Waals surface area contributed by atoms with Crippen LogP contribution in [0.3, 0.4) is 0 Å². The minimum atomic E-state index is -1.30. The lowest BCUT2D eigenvalue weighted by molar-refractivity contribution is 0.0695. The van der Waals surface area contributed by atoms with E-state index in [4.69, 9.17) is 5.73 Å². The maximum Gasteiger partial charge on any atom is 0.341 e. The molecule has 1 aromatic carbocycles. The van der Waals surface area contributed by atoms with Gasteiger partial charge >= 0.3 is 5.97 Å². The van der Waals surface area contributed by atoms with Gasteiger partial charge in [-0.15, -0.1) is 0 Å². The zero-order valence-corrected chi connectivity index (χ0v) is 14.9. The molecule has 1 saturated carbocycles. The number of rotatable bonds is 3. The van der Waals surface area contributed by atoms with Crippen LogP contribution >= 0.6 is 15.9 Å². The number of pyridine rings is 1. The van der Waals surface area contributed by atoms with Crippen LogP contribution in [-0.4, -0.2) is 34.8 Å².